The summed E-state index contributed by atoms with van der Waals surface area (Å²) >= 11 is 0. The molecule has 1 aliphatic rings. The summed E-state index contributed by atoms with van der Waals surface area (Å²) in [6.45, 7) is 1.85. The van der Waals surface area contributed by atoms with Crippen molar-refractivity contribution < 1.29 is 76.1 Å². The van der Waals surface area contributed by atoms with E-state index in [1.807, 2.05) is 0 Å². The molecule has 0 heterocycles. The van der Waals surface area contributed by atoms with Gasteiger partial charge in [-0.05, 0) is 50.5 Å². The van der Waals surface area contributed by atoms with Crippen molar-refractivity contribution in [2.24, 2.45) is 17.3 Å². The van der Waals surface area contributed by atoms with E-state index < -0.39 is 84.2 Å². The van der Waals surface area contributed by atoms with Gasteiger partial charge in [0.05, 0.1) is 13.2 Å². The van der Waals surface area contributed by atoms with Crippen LogP contribution >= 0.6 is 0 Å². The molecule has 0 aromatic heterocycles. The smallest absolute Gasteiger partial charge is 0.460 e. The SMILES string of the molecule is CCOC(=O)C1(C(=O)OCC)C[C@H](Cc2ccccc2)[C@H](CC(F)(F)C(F)(F)C(F)(F)C(F)(F)C(F)(F)C(F)(F)F)C1. The highest BCUT2D eigenvalue weighted by Gasteiger charge is 2.90. The van der Waals surface area contributed by atoms with Crippen molar-refractivity contribution in [1.29, 1.82) is 0 Å². The summed E-state index contributed by atoms with van der Waals surface area (Å²) in [6.07, 6.45) is -12.2. The van der Waals surface area contributed by atoms with Crippen LogP contribution in [0.5, 0.6) is 0 Å². The van der Waals surface area contributed by atoms with Crippen LogP contribution in [0.2, 0.25) is 0 Å². The minimum absolute atomic E-state index is 0.313. The highest BCUT2D eigenvalue weighted by molar-refractivity contribution is 6.00. The Hall–Kier alpha value is -2.75. The Kier molecular flexibility index (Phi) is 9.90. The van der Waals surface area contributed by atoms with Crippen molar-refractivity contribution in [3.8, 4) is 0 Å². The first-order chi connectivity index (χ1) is 19.0. The molecule has 1 aromatic rings. The Balaban J connectivity index is 2.59. The van der Waals surface area contributed by atoms with Gasteiger partial charge >= 0.3 is 47.7 Å². The fourth-order valence-corrected chi connectivity index (χ4v) is 4.92. The van der Waals surface area contributed by atoms with Crippen LogP contribution in [-0.2, 0) is 25.5 Å². The molecule has 1 aromatic carbocycles. The molecule has 0 bridgehead atoms. The van der Waals surface area contributed by atoms with E-state index in [-0.39, 0.29) is 19.6 Å². The summed E-state index contributed by atoms with van der Waals surface area (Å²) in [5, 5.41) is 0. The second-order valence-corrected chi connectivity index (χ2v) is 9.85. The fourth-order valence-electron chi connectivity index (χ4n) is 4.92. The molecule has 0 amide bonds. The minimum atomic E-state index is -8.02. The van der Waals surface area contributed by atoms with Crippen molar-refractivity contribution in [1.82, 2.24) is 0 Å². The molecule has 0 radical (unpaired) electrons. The van der Waals surface area contributed by atoms with Gasteiger partial charge in [0.15, 0.2) is 5.41 Å². The molecule has 0 saturated heterocycles. The van der Waals surface area contributed by atoms with Crippen molar-refractivity contribution in [2.45, 2.75) is 75.3 Å². The van der Waals surface area contributed by atoms with Gasteiger partial charge < -0.3 is 9.47 Å². The number of carbonyl (C=O) groups is 2. The van der Waals surface area contributed by atoms with E-state index in [2.05, 4.69) is 0 Å². The van der Waals surface area contributed by atoms with E-state index in [0.717, 1.165) is 0 Å². The largest absolute Gasteiger partial charge is 0.465 e. The molecule has 0 spiro atoms. The van der Waals surface area contributed by atoms with Gasteiger partial charge in [0.25, 0.3) is 0 Å². The number of hydrogen-bond donors (Lipinski definition) is 0. The van der Waals surface area contributed by atoms with Gasteiger partial charge in [-0.2, -0.15) is 57.1 Å². The third-order valence-corrected chi connectivity index (χ3v) is 7.08. The lowest BCUT2D eigenvalue weighted by Gasteiger charge is -2.40. The highest BCUT2D eigenvalue weighted by atomic mass is 19.4. The van der Waals surface area contributed by atoms with Gasteiger partial charge in [0, 0.05) is 6.42 Å². The zero-order chi connectivity index (χ0) is 32.6. The van der Waals surface area contributed by atoms with E-state index in [1.54, 1.807) is 0 Å². The minimum Gasteiger partial charge on any atom is -0.465 e. The third kappa shape index (κ3) is 5.88. The molecule has 1 aliphatic carbocycles. The Morgan fingerprint density at radius 1 is 0.690 bits per heavy atom. The Labute approximate surface area is 230 Å². The number of benzene rings is 1. The monoisotopic (exact) mass is 636 g/mol. The fraction of sp³-hybridized carbons (Fsp3) is 0.680. The maximum atomic E-state index is 14.9. The molecule has 240 valence electrons. The lowest BCUT2D eigenvalue weighted by atomic mass is 9.82. The molecule has 1 fully saturated rings. The van der Waals surface area contributed by atoms with E-state index in [4.69, 9.17) is 9.47 Å². The second-order valence-electron chi connectivity index (χ2n) is 9.85. The van der Waals surface area contributed by atoms with Gasteiger partial charge in [-0.25, -0.2) is 0 Å². The number of ether oxygens (including phenoxy) is 2. The van der Waals surface area contributed by atoms with Crippen LogP contribution in [0.3, 0.4) is 0 Å². The summed E-state index contributed by atoms with van der Waals surface area (Å²) < 4.78 is 188. The summed E-state index contributed by atoms with van der Waals surface area (Å²) in [5.74, 6) is -43.8. The van der Waals surface area contributed by atoms with Gasteiger partial charge in [0.1, 0.15) is 0 Å². The van der Waals surface area contributed by atoms with Crippen LogP contribution in [0.25, 0.3) is 0 Å². The van der Waals surface area contributed by atoms with E-state index >= 15 is 0 Å². The number of rotatable bonds is 12. The first kappa shape index (κ1) is 35.4. The van der Waals surface area contributed by atoms with Crippen molar-refractivity contribution in [3.05, 3.63) is 35.9 Å². The third-order valence-electron chi connectivity index (χ3n) is 7.08. The van der Waals surface area contributed by atoms with Gasteiger partial charge in [-0.15, -0.1) is 0 Å². The van der Waals surface area contributed by atoms with Crippen LogP contribution in [0.15, 0.2) is 30.3 Å². The molecule has 0 aliphatic heterocycles. The highest BCUT2D eigenvalue weighted by Crippen LogP contribution is 2.62. The summed E-state index contributed by atoms with van der Waals surface area (Å²) in [6, 6.07) is 7.24. The summed E-state index contributed by atoms with van der Waals surface area (Å²) in [4.78, 5) is 25.6. The maximum absolute atomic E-state index is 14.9. The number of esters is 2. The average molecular weight is 636 g/mol. The van der Waals surface area contributed by atoms with Crippen molar-refractivity contribution >= 4 is 11.9 Å². The summed E-state index contributed by atoms with van der Waals surface area (Å²) in [7, 11) is 0. The Morgan fingerprint density at radius 2 is 1.12 bits per heavy atom. The molecule has 0 N–H and O–H groups in total. The molecule has 2 rings (SSSR count). The Morgan fingerprint density at radius 3 is 1.55 bits per heavy atom. The number of alkyl halides is 13. The number of hydrogen-bond acceptors (Lipinski definition) is 4. The van der Waals surface area contributed by atoms with Crippen molar-refractivity contribution in [2.75, 3.05) is 13.2 Å². The lowest BCUT2D eigenvalue weighted by Crippen LogP contribution is -2.70. The first-order valence-corrected chi connectivity index (χ1v) is 12.3. The van der Waals surface area contributed by atoms with Crippen LogP contribution in [0.4, 0.5) is 57.1 Å². The molecular weight excluding hydrogens is 611 g/mol. The standard InChI is InChI=1S/C25H25F13O4/c1-3-41-17(39)19(18(40)42-4-2)11-15(10-14-8-6-5-7-9-14)16(12-19)13-20(26,27)21(28,29)22(30,31)23(32,33)24(34,35)25(36,37)38/h5-9,15-16H,3-4,10-13H2,1-2H3/t15-,16-/m0/s1. The molecule has 17 heteroatoms. The van der Waals surface area contributed by atoms with Crippen LogP contribution in [-0.4, -0.2) is 60.9 Å². The van der Waals surface area contributed by atoms with Crippen LogP contribution in [0.1, 0.15) is 38.7 Å². The molecule has 1 saturated carbocycles. The number of carbonyl (C=O) groups excluding carboxylic acids is 2. The average Bonchev–Trinajstić information content (AvgIpc) is 3.22. The van der Waals surface area contributed by atoms with E-state index in [0.29, 0.717) is 5.56 Å². The molecule has 2 atom stereocenters. The molecule has 42 heavy (non-hydrogen) atoms. The summed E-state index contributed by atoms with van der Waals surface area (Å²) in [5.41, 5.74) is -2.12. The van der Waals surface area contributed by atoms with Gasteiger partial charge in [-0.1, -0.05) is 30.3 Å². The second kappa shape index (κ2) is 11.7. The first-order valence-electron chi connectivity index (χ1n) is 12.3. The quantitative estimate of drug-likeness (QED) is 0.136. The molecular formula is C25H25F13O4. The van der Waals surface area contributed by atoms with E-state index in [9.17, 15) is 66.7 Å². The Bertz CT molecular complexity index is 1090. The zero-order valence-corrected chi connectivity index (χ0v) is 21.8. The van der Waals surface area contributed by atoms with E-state index in [1.165, 1.54) is 44.2 Å². The lowest BCUT2D eigenvalue weighted by molar-refractivity contribution is -0.440. The zero-order valence-electron chi connectivity index (χ0n) is 21.8. The maximum Gasteiger partial charge on any atom is 0.460 e. The normalized spacial score (nSPS) is 20.4. The van der Waals surface area contributed by atoms with Crippen LogP contribution in [0, 0.1) is 17.3 Å². The topological polar surface area (TPSA) is 52.6 Å². The molecule has 4 nitrogen and oxygen atoms in total. The van der Waals surface area contributed by atoms with Gasteiger partial charge in [-0.3, -0.25) is 9.59 Å². The number of halogens is 13. The predicted octanol–water partition coefficient (Wildman–Crippen LogP) is 7.50. The van der Waals surface area contributed by atoms with Crippen LogP contribution < -0.4 is 0 Å². The molecule has 0 unspecified atom stereocenters. The van der Waals surface area contributed by atoms with Gasteiger partial charge in [0.2, 0.25) is 0 Å². The van der Waals surface area contributed by atoms with Crippen molar-refractivity contribution in [3.63, 3.8) is 0 Å². The predicted molar refractivity (Wildman–Crippen MR) is 117 cm³/mol.